The zero-order chi connectivity index (χ0) is 15.2. The zero-order valence-electron chi connectivity index (χ0n) is 11.3. The second-order valence-electron chi connectivity index (χ2n) is 4.20. The standard InChI is InChI=1S/C14H13ClN4O2/c1-19-9-17-18-13(19)8-16-14(21)11-5-4-10(3-2-6-20)12(15)7-11/h4-5,7,9,20H,6,8H2,1H3,(H,16,21). The summed E-state index contributed by atoms with van der Waals surface area (Å²) in [6.45, 7) is 0.0370. The Morgan fingerprint density at radius 1 is 1.52 bits per heavy atom. The van der Waals surface area contributed by atoms with Gasteiger partial charge >= 0.3 is 0 Å². The predicted octanol–water partition coefficient (Wildman–Crippen LogP) is 0.742. The smallest absolute Gasteiger partial charge is 0.251 e. The predicted molar refractivity (Wildman–Crippen MR) is 77.6 cm³/mol. The Bertz CT molecular complexity index is 715. The fraction of sp³-hybridized carbons (Fsp3) is 0.214. The van der Waals surface area contributed by atoms with E-state index < -0.39 is 0 Å². The first kappa shape index (κ1) is 15.0. The number of amides is 1. The summed E-state index contributed by atoms with van der Waals surface area (Å²) in [5, 5.41) is 19.4. The fourth-order valence-corrected chi connectivity index (χ4v) is 1.85. The van der Waals surface area contributed by atoms with Gasteiger partial charge in [-0.05, 0) is 18.2 Å². The van der Waals surface area contributed by atoms with Gasteiger partial charge in [-0.15, -0.1) is 10.2 Å². The number of nitrogens with zero attached hydrogens (tertiary/aromatic N) is 3. The molecule has 1 heterocycles. The van der Waals surface area contributed by atoms with E-state index in [0.717, 1.165) is 0 Å². The van der Waals surface area contributed by atoms with E-state index in [9.17, 15) is 4.79 Å². The van der Waals surface area contributed by atoms with Crippen LogP contribution in [0.3, 0.4) is 0 Å². The Hall–Kier alpha value is -2.36. The fourth-order valence-electron chi connectivity index (χ4n) is 1.62. The van der Waals surface area contributed by atoms with Gasteiger partial charge < -0.3 is 15.0 Å². The Morgan fingerprint density at radius 3 is 2.95 bits per heavy atom. The second-order valence-corrected chi connectivity index (χ2v) is 4.60. The van der Waals surface area contributed by atoms with E-state index in [2.05, 4.69) is 27.4 Å². The monoisotopic (exact) mass is 304 g/mol. The van der Waals surface area contributed by atoms with Crippen molar-refractivity contribution in [3.8, 4) is 11.8 Å². The molecule has 0 spiro atoms. The van der Waals surface area contributed by atoms with Crippen LogP contribution in [0.25, 0.3) is 0 Å². The molecule has 0 radical (unpaired) electrons. The molecule has 2 N–H and O–H groups in total. The molecule has 0 aliphatic heterocycles. The lowest BCUT2D eigenvalue weighted by atomic mass is 10.1. The highest BCUT2D eigenvalue weighted by atomic mass is 35.5. The van der Waals surface area contributed by atoms with Crippen LogP contribution in [0.15, 0.2) is 24.5 Å². The number of aromatic nitrogens is 3. The molecule has 0 atom stereocenters. The number of carbonyl (C=O) groups excluding carboxylic acids is 1. The van der Waals surface area contributed by atoms with Gasteiger partial charge in [-0.1, -0.05) is 23.4 Å². The van der Waals surface area contributed by atoms with Crippen LogP contribution in [0.1, 0.15) is 21.7 Å². The molecule has 1 aromatic heterocycles. The first-order chi connectivity index (χ1) is 10.1. The van der Waals surface area contributed by atoms with E-state index in [1.807, 2.05) is 0 Å². The highest BCUT2D eigenvalue weighted by Gasteiger charge is 2.09. The molecule has 2 aromatic rings. The van der Waals surface area contributed by atoms with Crippen LogP contribution in [0.5, 0.6) is 0 Å². The van der Waals surface area contributed by atoms with Gasteiger partial charge in [0, 0.05) is 18.2 Å². The van der Waals surface area contributed by atoms with Crippen LogP contribution < -0.4 is 5.32 Å². The van der Waals surface area contributed by atoms with E-state index in [4.69, 9.17) is 16.7 Å². The Balaban J connectivity index is 2.06. The SMILES string of the molecule is Cn1cnnc1CNC(=O)c1ccc(C#CCO)c(Cl)c1. The average Bonchev–Trinajstić information content (AvgIpc) is 2.88. The second kappa shape index (κ2) is 6.88. The minimum atomic E-state index is -0.262. The van der Waals surface area contributed by atoms with Crippen molar-refractivity contribution in [2.45, 2.75) is 6.54 Å². The van der Waals surface area contributed by atoms with Crippen molar-refractivity contribution in [1.82, 2.24) is 20.1 Å². The maximum absolute atomic E-state index is 12.0. The number of aryl methyl sites for hydroxylation is 1. The number of rotatable bonds is 3. The number of aliphatic hydroxyl groups is 1. The van der Waals surface area contributed by atoms with Gasteiger partial charge in [-0.2, -0.15) is 0 Å². The molecule has 0 saturated carbocycles. The molecular formula is C14H13ClN4O2. The lowest BCUT2D eigenvalue weighted by molar-refractivity contribution is 0.0949. The number of aliphatic hydroxyl groups excluding tert-OH is 1. The molecule has 0 aliphatic rings. The molecule has 0 saturated heterocycles. The molecule has 0 fully saturated rings. The summed E-state index contributed by atoms with van der Waals surface area (Å²) in [5.41, 5.74) is 0.993. The Labute approximate surface area is 126 Å². The first-order valence-corrected chi connectivity index (χ1v) is 6.50. The molecule has 2 rings (SSSR count). The summed E-state index contributed by atoms with van der Waals surface area (Å²) < 4.78 is 1.72. The topological polar surface area (TPSA) is 80.0 Å². The number of nitrogens with one attached hydrogen (secondary N) is 1. The van der Waals surface area contributed by atoms with E-state index in [1.54, 1.807) is 30.1 Å². The minimum Gasteiger partial charge on any atom is -0.384 e. The van der Waals surface area contributed by atoms with Crippen LogP contribution in [-0.4, -0.2) is 32.4 Å². The molecule has 1 amide bonds. The Morgan fingerprint density at radius 2 is 2.33 bits per heavy atom. The average molecular weight is 305 g/mol. The molecule has 0 bridgehead atoms. The summed E-state index contributed by atoms with van der Waals surface area (Å²) in [5.74, 6) is 5.60. The summed E-state index contributed by atoms with van der Waals surface area (Å²) in [6.07, 6.45) is 1.56. The van der Waals surface area contributed by atoms with Crippen molar-refractivity contribution >= 4 is 17.5 Å². The number of carbonyl (C=O) groups is 1. The van der Waals surface area contributed by atoms with Gasteiger partial charge in [0.15, 0.2) is 5.82 Å². The third-order valence-corrected chi connectivity index (χ3v) is 3.06. The summed E-state index contributed by atoms with van der Waals surface area (Å²) >= 11 is 6.04. The van der Waals surface area contributed by atoms with E-state index >= 15 is 0 Å². The molecule has 1 aromatic carbocycles. The van der Waals surface area contributed by atoms with Crippen molar-refractivity contribution in [1.29, 1.82) is 0 Å². The van der Waals surface area contributed by atoms with E-state index in [-0.39, 0.29) is 19.1 Å². The molecule has 7 heteroatoms. The Kier molecular flexibility index (Phi) is 4.93. The quantitative estimate of drug-likeness (QED) is 0.820. The minimum absolute atomic E-state index is 0.240. The normalized spacial score (nSPS) is 9.86. The highest BCUT2D eigenvalue weighted by molar-refractivity contribution is 6.32. The molecular weight excluding hydrogens is 292 g/mol. The molecule has 0 unspecified atom stereocenters. The number of halogens is 1. The summed E-state index contributed by atoms with van der Waals surface area (Å²) in [7, 11) is 1.80. The summed E-state index contributed by atoms with van der Waals surface area (Å²) in [6, 6.07) is 4.80. The lowest BCUT2D eigenvalue weighted by Gasteiger charge is -2.06. The van der Waals surface area contributed by atoms with Crippen LogP contribution >= 0.6 is 11.6 Å². The summed E-state index contributed by atoms with van der Waals surface area (Å²) in [4.78, 5) is 12.0. The third kappa shape index (κ3) is 3.81. The van der Waals surface area contributed by atoms with Gasteiger partial charge in [0.2, 0.25) is 0 Å². The lowest BCUT2D eigenvalue weighted by Crippen LogP contribution is -2.24. The number of benzene rings is 1. The molecule has 6 nitrogen and oxygen atoms in total. The van der Waals surface area contributed by atoms with Crippen LogP contribution in [0, 0.1) is 11.8 Å². The maximum atomic E-state index is 12.0. The van der Waals surface area contributed by atoms with Crippen LogP contribution in [-0.2, 0) is 13.6 Å². The van der Waals surface area contributed by atoms with Crippen molar-refractivity contribution < 1.29 is 9.90 Å². The maximum Gasteiger partial charge on any atom is 0.251 e. The first-order valence-electron chi connectivity index (χ1n) is 6.12. The number of hydrogen-bond donors (Lipinski definition) is 2. The van der Waals surface area contributed by atoms with E-state index in [0.29, 0.717) is 22.0 Å². The van der Waals surface area contributed by atoms with Gasteiger partial charge in [-0.25, -0.2) is 0 Å². The van der Waals surface area contributed by atoms with Gasteiger partial charge in [-0.3, -0.25) is 4.79 Å². The van der Waals surface area contributed by atoms with Gasteiger partial charge in [0.25, 0.3) is 5.91 Å². The third-order valence-electron chi connectivity index (χ3n) is 2.75. The number of hydrogen-bond acceptors (Lipinski definition) is 4. The van der Waals surface area contributed by atoms with Crippen molar-refractivity contribution in [3.05, 3.63) is 46.5 Å². The molecule has 21 heavy (non-hydrogen) atoms. The molecule has 0 aliphatic carbocycles. The van der Waals surface area contributed by atoms with Crippen molar-refractivity contribution in [2.75, 3.05) is 6.61 Å². The van der Waals surface area contributed by atoms with Crippen molar-refractivity contribution in [2.24, 2.45) is 7.05 Å². The van der Waals surface area contributed by atoms with E-state index in [1.165, 1.54) is 6.07 Å². The van der Waals surface area contributed by atoms with Gasteiger partial charge in [0.1, 0.15) is 12.9 Å². The molecule has 108 valence electrons. The van der Waals surface area contributed by atoms with Gasteiger partial charge in [0.05, 0.1) is 11.6 Å². The zero-order valence-corrected chi connectivity index (χ0v) is 12.1. The van der Waals surface area contributed by atoms with Crippen molar-refractivity contribution in [3.63, 3.8) is 0 Å². The van der Waals surface area contributed by atoms with Crippen LogP contribution in [0.2, 0.25) is 5.02 Å². The highest BCUT2D eigenvalue weighted by Crippen LogP contribution is 2.17. The largest absolute Gasteiger partial charge is 0.384 e. The van der Waals surface area contributed by atoms with Crippen LogP contribution in [0.4, 0.5) is 0 Å².